The summed E-state index contributed by atoms with van der Waals surface area (Å²) in [6, 6.07) is 3.41. The van der Waals surface area contributed by atoms with Crippen molar-refractivity contribution in [2.45, 2.75) is 32.7 Å². The first-order valence-corrected chi connectivity index (χ1v) is 6.50. The minimum Gasteiger partial charge on any atom is -0.491 e. The van der Waals surface area contributed by atoms with E-state index >= 15 is 0 Å². The first kappa shape index (κ1) is 16.2. The molecule has 2 amide bonds. The van der Waals surface area contributed by atoms with Crippen molar-refractivity contribution in [2.24, 2.45) is 0 Å². The molecular formula is C14H21FN2O3. The van der Waals surface area contributed by atoms with E-state index in [0.717, 1.165) is 6.42 Å². The Hall–Kier alpha value is -1.82. The molecule has 0 saturated carbocycles. The monoisotopic (exact) mass is 284 g/mol. The molecule has 0 fully saturated rings. The molecule has 112 valence electrons. The average Bonchev–Trinajstić information content (AvgIpc) is 2.38. The van der Waals surface area contributed by atoms with Gasteiger partial charge in [0.1, 0.15) is 11.6 Å². The summed E-state index contributed by atoms with van der Waals surface area (Å²) >= 11 is 0. The molecule has 1 aromatic rings. The first-order valence-electron chi connectivity index (χ1n) is 6.50. The Morgan fingerprint density at radius 3 is 2.75 bits per heavy atom. The molecule has 0 aromatic heterocycles. The van der Waals surface area contributed by atoms with Crippen LogP contribution in [0, 0.1) is 5.82 Å². The van der Waals surface area contributed by atoms with Crippen molar-refractivity contribution in [3.05, 3.63) is 24.0 Å². The van der Waals surface area contributed by atoms with Crippen LogP contribution in [-0.2, 0) is 0 Å². The molecule has 0 saturated heterocycles. The molecule has 0 spiro atoms. The standard InChI is InChI=1S/C14H21FN2O3/c1-4-7-20-12-8-10(15)5-6-11(12)16-13(19)17-14(2,3)9-18/h5-6,8,18H,4,7,9H2,1-3H3,(H2,16,17,19). The molecule has 6 heteroatoms. The molecule has 3 N–H and O–H groups in total. The van der Waals surface area contributed by atoms with E-state index in [0.29, 0.717) is 12.3 Å². The number of carbonyl (C=O) groups excluding carboxylic acids is 1. The highest BCUT2D eigenvalue weighted by Crippen LogP contribution is 2.25. The van der Waals surface area contributed by atoms with Gasteiger partial charge in [-0.15, -0.1) is 0 Å². The second-order valence-corrected chi connectivity index (χ2v) is 5.11. The largest absolute Gasteiger partial charge is 0.491 e. The summed E-state index contributed by atoms with van der Waals surface area (Å²) in [5, 5.41) is 14.3. The number of hydrogen-bond acceptors (Lipinski definition) is 3. The molecule has 0 atom stereocenters. The fourth-order valence-corrected chi connectivity index (χ4v) is 1.43. The maximum atomic E-state index is 13.2. The van der Waals surface area contributed by atoms with Crippen molar-refractivity contribution < 1.29 is 19.0 Å². The molecule has 0 bridgehead atoms. The fraction of sp³-hybridized carbons (Fsp3) is 0.500. The topological polar surface area (TPSA) is 70.6 Å². The van der Waals surface area contributed by atoms with Crippen LogP contribution in [0.25, 0.3) is 0 Å². The Balaban J connectivity index is 2.78. The molecule has 20 heavy (non-hydrogen) atoms. The summed E-state index contributed by atoms with van der Waals surface area (Å²) in [6.07, 6.45) is 0.777. The van der Waals surface area contributed by atoms with Crippen LogP contribution in [-0.4, -0.2) is 29.9 Å². The van der Waals surface area contributed by atoms with Gasteiger partial charge in [-0.3, -0.25) is 0 Å². The summed E-state index contributed by atoms with van der Waals surface area (Å²) in [5.41, 5.74) is -0.361. The van der Waals surface area contributed by atoms with Crippen molar-refractivity contribution in [2.75, 3.05) is 18.5 Å². The number of rotatable bonds is 6. The third-order valence-electron chi connectivity index (χ3n) is 2.50. The number of carbonyl (C=O) groups is 1. The van der Waals surface area contributed by atoms with Gasteiger partial charge in [0.15, 0.2) is 0 Å². The zero-order valence-electron chi connectivity index (χ0n) is 12.0. The van der Waals surface area contributed by atoms with Crippen LogP contribution in [0.15, 0.2) is 18.2 Å². The Kier molecular flexibility index (Phi) is 5.76. The number of halogens is 1. The van der Waals surface area contributed by atoms with Gasteiger partial charge >= 0.3 is 6.03 Å². The maximum Gasteiger partial charge on any atom is 0.319 e. The number of anilines is 1. The lowest BCUT2D eigenvalue weighted by Gasteiger charge is -2.24. The minimum atomic E-state index is -0.742. The van der Waals surface area contributed by atoms with Crippen molar-refractivity contribution in [1.82, 2.24) is 5.32 Å². The SMILES string of the molecule is CCCOc1cc(F)ccc1NC(=O)NC(C)(C)CO. The molecule has 0 unspecified atom stereocenters. The Morgan fingerprint density at radius 2 is 2.15 bits per heavy atom. The quantitative estimate of drug-likeness (QED) is 0.751. The molecule has 5 nitrogen and oxygen atoms in total. The third kappa shape index (κ3) is 5.05. The van der Waals surface area contributed by atoms with Crippen LogP contribution in [0.4, 0.5) is 14.9 Å². The zero-order valence-corrected chi connectivity index (χ0v) is 12.0. The lowest BCUT2D eigenvalue weighted by atomic mass is 10.1. The number of amides is 2. The van der Waals surface area contributed by atoms with Crippen LogP contribution in [0.1, 0.15) is 27.2 Å². The Labute approximate surface area is 118 Å². The molecular weight excluding hydrogens is 263 g/mol. The zero-order chi connectivity index (χ0) is 15.2. The van der Waals surface area contributed by atoms with E-state index < -0.39 is 17.4 Å². The van der Waals surface area contributed by atoms with E-state index in [2.05, 4.69) is 10.6 Å². The molecule has 0 aliphatic rings. The van der Waals surface area contributed by atoms with Gasteiger partial charge in [0, 0.05) is 6.07 Å². The number of nitrogens with one attached hydrogen (secondary N) is 2. The smallest absolute Gasteiger partial charge is 0.319 e. The second-order valence-electron chi connectivity index (χ2n) is 5.11. The van der Waals surface area contributed by atoms with Crippen LogP contribution >= 0.6 is 0 Å². The fourth-order valence-electron chi connectivity index (χ4n) is 1.43. The number of hydrogen-bond donors (Lipinski definition) is 3. The van der Waals surface area contributed by atoms with E-state index in [9.17, 15) is 9.18 Å². The van der Waals surface area contributed by atoms with E-state index in [1.165, 1.54) is 18.2 Å². The highest BCUT2D eigenvalue weighted by Gasteiger charge is 2.19. The summed E-state index contributed by atoms with van der Waals surface area (Å²) < 4.78 is 18.6. The Bertz CT molecular complexity index is 464. The van der Waals surface area contributed by atoms with E-state index in [1.807, 2.05) is 6.92 Å². The lowest BCUT2D eigenvalue weighted by molar-refractivity contribution is 0.187. The lowest BCUT2D eigenvalue weighted by Crippen LogP contribution is -2.48. The van der Waals surface area contributed by atoms with Gasteiger partial charge in [-0.2, -0.15) is 0 Å². The molecule has 0 aliphatic carbocycles. The maximum absolute atomic E-state index is 13.2. The van der Waals surface area contributed by atoms with E-state index in [4.69, 9.17) is 9.84 Å². The van der Waals surface area contributed by atoms with Gasteiger partial charge in [-0.25, -0.2) is 9.18 Å². The number of urea groups is 1. The second kappa shape index (κ2) is 7.09. The number of aliphatic hydroxyl groups is 1. The van der Waals surface area contributed by atoms with Crippen molar-refractivity contribution in [3.63, 3.8) is 0 Å². The molecule has 0 heterocycles. The summed E-state index contributed by atoms with van der Waals surface area (Å²) in [6.45, 7) is 5.55. The minimum absolute atomic E-state index is 0.191. The summed E-state index contributed by atoms with van der Waals surface area (Å²) in [7, 11) is 0. The van der Waals surface area contributed by atoms with E-state index in [-0.39, 0.29) is 12.4 Å². The number of aliphatic hydroxyl groups excluding tert-OH is 1. The van der Waals surface area contributed by atoms with Crippen molar-refractivity contribution in [1.29, 1.82) is 0 Å². The predicted octanol–water partition coefficient (Wildman–Crippen LogP) is 2.51. The normalized spacial score (nSPS) is 11.1. The highest BCUT2D eigenvalue weighted by atomic mass is 19.1. The van der Waals surface area contributed by atoms with Gasteiger partial charge in [-0.1, -0.05) is 6.92 Å². The van der Waals surface area contributed by atoms with Gasteiger partial charge in [0.05, 0.1) is 24.4 Å². The van der Waals surface area contributed by atoms with Crippen LogP contribution in [0.2, 0.25) is 0 Å². The first-order chi connectivity index (χ1) is 9.38. The Morgan fingerprint density at radius 1 is 1.45 bits per heavy atom. The van der Waals surface area contributed by atoms with Crippen molar-refractivity contribution in [3.8, 4) is 5.75 Å². The van der Waals surface area contributed by atoms with Crippen LogP contribution < -0.4 is 15.4 Å². The average molecular weight is 284 g/mol. The molecule has 1 rings (SSSR count). The van der Waals surface area contributed by atoms with Crippen LogP contribution in [0.3, 0.4) is 0 Å². The van der Waals surface area contributed by atoms with Gasteiger partial charge in [0.25, 0.3) is 0 Å². The molecule has 0 aliphatic heterocycles. The number of benzene rings is 1. The predicted molar refractivity (Wildman–Crippen MR) is 75.5 cm³/mol. The van der Waals surface area contributed by atoms with Gasteiger partial charge < -0.3 is 20.5 Å². The molecule has 1 aromatic carbocycles. The van der Waals surface area contributed by atoms with Crippen molar-refractivity contribution >= 4 is 11.7 Å². The molecule has 0 radical (unpaired) electrons. The highest BCUT2D eigenvalue weighted by molar-refractivity contribution is 5.91. The van der Waals surface area contributed by atoms with E-state index in [1.54, 1.807) is 13.8 Å². The van der Waals surface area contributed by atoms with Gasteiger partial charge in [-0.05, 0) is 32.4 Å². The summed E-state index contributed by atoms with van der Waals surface area (Å²) in [4.78, 5) is 11.8. The third-order valence-corrected chi connectivity index (χ3v) is 2.50. The number of ether oxygens (including phenoxy) is 1. The van der Waals surface area contributed by atoms with Crippen LogP contribution in [0.5, 0.6) is 5.75 Å². The summed E-state index contributed by atoms with van der Waals surface area (Å²) in [5.74, 6) is -0.151. The van der Waals surface area contributed by atoms with Gasteiger partial charge in [0.2, 0.25) is 0 Å².